The van der Waals surface area contributed by atoms with Crippen LogP contribution in [-0.4, -0.2) is 26.8 Å². The second kappa shape index (κ2) is 7.51. The van der Waals surface area contributed by atoms with E-state index in [2.05, 4.69) is 24.3 Å². The number of hydrogen-bond acceptors (Lipinski definition) is 3. The molecule has 134 valence electrons. The number of carboxylic acids is 1. The molecular formula is C19H25N3O3. The fraction of sp³-hybridized carbons (Fsp3) is 0.421. The molecule has 0 spiro atoms. The molecule has 1 unspecified atom stereocenters. The van der Waals surface area contributed by atoms with E-state index in [1.807, 2.05) is 26.8 Å². The van der Waals surface area contributed by atoms with E-state index in [0.29, 0.717) is 23.6 Å². The van der Waals surface area contributed by atoms with Crippen LogP contribution in [0, 0.1) is 26.7 Å². The highest BCUT2D eigenvalue weighted by molar-refractivity contribution is 5.97. The minimum Gasteiger partial charge on any atom is -0.479 e. The van der Waals surface area contributed by atoms with E-state index in [9.17, 15) is 14.7 Å². The summed E-state index contributed by atoms with van der Waals surface area (Å²) >= 11 is 0. The summed E-state index contributed by atoms with van der Waals surface area (Å²) in [5, 5.41) is 16.5. The first-order valence-electron chi connectivity index (χ1n) is 8.34. The lowest BCUT2D eigenvalue weighted by atomic mass is 9.97. The summed E-state index contributed by atoms with van der Waals surface area (Å²) in [4.78, 5) is 24.4. The molecule has 2 aromatic rings. The van der Waals surface area contributed by atoms with E-state index in [0.717, 1.165) is 16.8 Å². The van der Waals surface area contributed by atoms with Crippen molar-refractivity contribution in [3.63, 3.8) is 0 Å². The fourth-order valence-electron chi connectivity index (χ4n) is 2.77. The lowest BCUT2D eigenvalue weighted by Gasteiger charge is -2.18. The number of aromatic nitrogens is 2. The minimum absolute atomic E-state index is 0.399. The van der Waals surface area contributed by atoms with Crippen molar-refractivity contribution >= 4 is 11.9 Å². The Morgan fingerprint density at radius 1 is 1.24 bits per heavy atom. The van der Waals surface area contributed by atoms with Gasteiger partial charge in [-0.25, -0.2) is 4.79 Å². The zero-order valence-electron chi connectivity index (χ0n) is 15.3. The Morgan fingerprint density at radius 2 is 1.92 bits per heavy atom. The zero-order chi connectivity index (χ0) is 18.7. The summed E-state index contributed by atoms with van der Waals surface area (Å²) in [6.07, 6.45) is 1.50. The van der Waals surface area contributed by atoms with Crippen LogP contribution >= 0.6 is 0 Å². The molecule has 2 rings (SSSR count). The van der Waals surface area contributed by atoms with Crippen LogP contribution < -0.4 is 5.32 Å². The zero-order valence-corrected chi connectivity index (χ0v) is 15.3. The van der Waals surface area contributed by atoms with Gasteiger partial charge in [0.05, 0.1) is 11.8 Å². The third kappa shape index (κ3) is 4.07. The van der Waals surface area contributed by atoms with E-state index in [-0.39, 0.29) is 0 Å². The third-order valence-electron chi connectivity index (χ3n) is 4.37. The topological polar surface area (TPSA) is 84.2 Å². The quantitative estimate of drug-likeness (QED) is 0.844. The van der Waals surface area contributed by atoms with Crippen molar-refractivity contribution in [3.8, 4) is 0 Å². The molecule has 1 atom stereocenters. The number of aliphatic carboxylic acids is 1. The predicted molar refractivity (Wildman–Crippen MR) is 95.6 cm³/mol. The first kappa shape index (κ1) is 18.7. The van der Waals surface area contributed by atoms with Crippen molar-refractivity contribution in [3.05, 3.63) is 52.3 Å². The van der Waals surface area contributed by atoms with Gasteiger partial charge in [-0.05, 0) is 43.4 Å². The molecule has 0 saturated heterocycles. The van der Waals surface area contributed by atoms with Crippen LogP contribution in [0.2, 0.25) is 0 Å². The molecule has 1 heterocycles. The molecule has 0 aliphatic carbocycles. The maximum Gasteiger partial charge on any atom is 0.330 e. The minimum atomic E-state index is -1.10. The van der Waals surface area contributed by atoms with Crippen LogP contribution in [-0.2, 0) is 11.3 Å². The van der Waals surface area contributed by atoms with Gasteiger partial charge in [0.2, 0.25) is 0 Å². The predicted octanol–water partition coefficient (Wildman–Crippen LogP) is 3.02. The standard InChI is InChI=1S/C19H25N3O3/c1-11(2)10-22-14(5)16(9-20-22)18(23)21-17(19(24)25)15-8-6-7-12(3)13(15)4/h6-9,11,17H,10H2,1-5H3,(H,21,23)(H,24,25). The van der Waals surface area contributed by atoms with Crippen LogP contribution in [0.15, 0.2) is 24.4 Å². The number of benzene rings is 1. The molecular weight excluding hydrogens is 318 g/mol. The van der Waals surface area contributed by atoms with Crippen molar-refractivity contribution in [1.29, 1.82) is 0 Å². The molecule has 25 heavy (non-hydrogen) atoms. The lowest BCUT2D eigenvalue weighted by molar-refractivity contribution is -0.139. The molecule has 2 N–H and O–H groups in total. The molecule has 0 fully saturated rings. The molecule has 0 saturated carbocycles. The Labute approximate surface area is 147 Å². The molecule has 0 aliphatic rings. The summed E-state index contributed by atoms with van der Waals surface area (Å²) in [5.41, 5.74) is 3.57. The molecule has 1 aromatic carbocycles. The molecule has 6 nitrogen and oxygen atoms in total. The molecule has 0 bridgehead atoms. The molecule has 1 amide bonds. The van der Waals surface area contributed by atoms with Crippen LogP contribution in [0.5, 0.6) is 0 Å². The van der Waals surface area contributed by atoms with Crippen molar-refractivity contribution in [2.75, 3.05) is 0 Å². The van der Waals surface area contributed by atoms with Crippen LogP contribution in [0.4, 0.5) is 0 Å². The first-order chi connectivity index (χ1) is 11.7. The summed E-state index contributed by atoms with van der Waals surface area (Å²) < 4.78 is 1.77. The third-order valence-corrected chi connectivity index (χ3v) is 4.37. The normalized spacial score (nSPS) is 12.2. The largest absolute Gasteiger partial charge is 0.479 e. The van der Waals surface area contributed by atoms with E-state index in [1.165, 1.54) is 6.20 Å². The summed E-state index contributed by atoms with van der Waals surface area (Å²) in [6, 6.07) is 4.35. The highest BCUT2D eigenvalue weighted by Crippen LogP contribution is 2.22. The Morgan fingerprint density at radius 3 is 2.52 bits per heavy atom. The second-order valence-electron chi connectivity index (χ2n) is 6.75. The van der Waals surface area contributed by atoms with E-state index >= 15 is 0 Å². The number of rotatable bonds is 6. The van der Waals surface area contributed by atoms with Gasteiger partial charge in [-0.3, -0.25) is 9.48 Å². The highest BCUT2D eigenvalue weighted by Gasteiger charge is 2.26. The smallest absolute Gasteiger partial charge is 0.330 e. The Bertz CT molecular complexity index is 793. The average molecular weight is 343 g/mol. The Hall–Kier alpha value is -2.63. The molecule has 0 radical (unpaired) electrons. The highest BCUT2D eigenvalue weighted by atomic mass is 16.4. The van der Waals surface area contributed by atoms with Gasteiger partial charge in [0.1, 0.15) is 0 Å². The van der Waals surface area contributed by atoms with Gasteiger partial charge < -0.3 is 10.4 Å². The monoisotopic (exact) mass is 343 g/mol. The number of nitrogens with zero attached hydrogens (tertiary/aromatic N) is 2. The molecule has 1 aromatic heterocycles. The van der Waals surface area contributed by atoms with Gasteiger partial charge in [0.25, 0.3) is 5.91 Å². The number of hydrogen-bond donors (Lipinski definition) is 2. The number of carbonyl (C=O) groups is 2. The number of aryl methyl sites for hydroxylation is 1. The fourth-order valence-corrected chi connectivity index (χ4v) is 2.77. The summed E-state index contributed by atoms with van der Waals surface area (Å²) in [6.45, 7) is 10.4. The van der Waals surface area contributed by atoms with Crippen LogP contribution in [0.3, 0.4) is 0 Å². The second-order valence-corrected chi connectivity index (χ2v) is 6.75. The van der Waals surface area contributed by atoms with Crippen LogP contribution in [0.25, 0.3) is 0 Å². The molecule has 6 heteroatoms. The van der Waals surface area contributed by atoms with E-state index in [1.54, 1.807) is 16.8 Å². The van der Waals surface area contributed by atoms with Gasteiger partial charge >= 0.3 is 5.97 Å². The van der Waals surface area contributed by atoms with Crippen molar-refractivity contribution in [1.82, 2.24) is 15.1 Å². The van der Waals surface area contributed by atoms with Gasteiger partial charge in [-0.2, -0.15) is 5.10 Å². The average Bonchev–Trinajstić information content (AvgIpc) is 2.88. The molecule has 0 aliphatic heterocycles. The maximum atomic E-state index is 12.6. The summed E-state index contributed by atoms with van der Waals surface area (Å²) in [5.74, 6) is -1.12. The van der Waals surface area contributed by atoms with Crippen molar-refractivity contribution < 1.29 is 14.7 Å². The van der Waals surface area contributed by atoms with E-state index in [4.69, 9.17) is 0 Å². The number of amides is 1. The van der Waals surface area contributed by atoms with Gasteiger partial charge in [0, 0.05) is 12.2 Å². The Kier molecular flexibility index (Phi) is 5.62. The van der Waals surface area contributed by atoms with Crippen molar-refractivity contribution in [2.24, 2.45) is 5.92 Å². The van der Waals surface area contributed by atoms with Gasteiger partial charge in [0.15, 0.2) is 6.04 Å². The van der Waals surface area contributed by atoms with Crippen molar-refractivity contribution in [2.45, 2.75) is 47.2 Å². The maximum absolute atomic E-state index is 12.6. The first-order valence-corrected chi connectivity index (χ1v) is 8.34. The number of nitrogens with one attached hydrogen (secondary N) is 1. The van der Waals surface area contributed by atoms with E-state index < -0.39 is 17.9 Å². The lowest BCUT2D eigenvalue weighted by Crippen LogP contribution is -2.34. The van der Waals surface area contributed by atoms with Gasteiger partial charge in [-0.1, -0.05) is 32.0 Å². The van der Waals surface area contributed by atoms with Crippen LogP contribution in [0.1, 0.15) is 52.6 Å². The SMILES string of the molecule is Cc1cccc(C(NC(=O)c2cnn(CC(C)C)c2C)C(=O)O)c1C. The summed E-state index contributed by atoms with van der Waals surface area (Å²) in [7, 11) is 0. The Balaban J connectivity index is 2.29. The number of carboxylic acid groups (broad SMARTS) is 1. The number of carbonyl (C=O) groups excluding carboxylic acids is 1. The van der Waals surface area contributed by atoms with Gasteiger partial charge in [-0.15, -0.1) is 0 Å².